The van der Waals surface area contributed by atoms with E-state index in [0.29, 0.717) is 24.6 Å². The lowest BCUT2D eigenvalue weighted by molar-refractivity contribution is 0.319. The summed E-state index contributed by atoms with van der Waals surface area (Å²) in [5.41, 5.74) is 8.25. The number of benzene rings is 2. The monoisotopic (exact) mass is 308 g/mol. The molecule has 0 saturated carbocycles. The fourth-order valence-corrected chi connectivity index (χ4v) is 2.04. The first-order chi connectivity index (χ1) is 10.1. The second kappa shape index (κ2) is 7.18. The topological polar surface area (TPSA) is 47.3 Å². The quantitative estimate of drug-likeness (QED) is 0.774. The number of rotatable bonds is 6. The lowest BCUT2D eigenvalue weighted by atomic mass is 10.2. The van der Waals surface area contributed by atoms with Gasteiger partial charge >= 0.3 is 0 Å². The van der Waals surface area contributed by atoms with Gasteiger partial charge in [-0.1, -0.05) is 24.6 Å². The zero-order valence-corrected chi connectivity index (χ0v) is 12.6. The van der Waals surface area contributed by atoms with Gasteiger partial charge in [-0.05, 0) is 36.2 Å². The lowest BCUT2D eigenvalue weighted by Gasteiger charge is -2.12. The van der Waals surface area contributed by atoms with Gasteiger partial charge in [-0.25, -0.2) is 4.39 Å². The highest BCUT2D eigenvalue weighted by Gasteiger charge is 2.04. The number of nitrogens with two attached hydrogens (primary N) is 1. The van der Waals surface area contributed by atoms with Crippen LogP contribution in [-0.4, -0.2) is 6.61 Å². The van der Waals surface area contributed by atoms with Crippen molar-refractivity contribution in [2.75, 3.05) is 17.7 Å². The summed E-state index contributed by atoms with van der Waals surface area (Å²) in [6.07, 6.45) is 0.922. The summed E-state index contributed by atoms with van der Waals surface area (Å²) in [6, 6.07) is 10.2. The summed E-state index contributed by atoms with van der Waals surface area (Å²) in [5, 5.41) is 3.36. The average Bonchev–Trinajstić information content (AvgIpc) is 2.48. The first kappa shape index (κ1) is 15.4. The first-order valence-electron chi connectivity index (χ1n) is 6.80. The fraction of sp³-hybridized carbons (Fsp3) is 0.250. The molecule has 0 atom stereocenters. The molecule has 0 radical (unpaired) electrons. The van der Waals surface area contributed by atoms with Crippen LogP contribution in [0.4, 0.5) is 15.8 Å². The summed E-state index contributed by atoms with van der Waals surface area (Å²) < 4.78 is 18.7. The van der Waals surface area contributed by atoms with Gasteiger partial charge in [-0.2, -0.15) is 0 Å². The molecule has 0 aliphatic carbocycles. The molecule has 0 amide bonds. The number of ether oxygens (including phenoxy) is 1. The minimum absolute atomic E-state index is 0.124. The van der Waals surface area contributed by atoms with Crippen LogP contribution in [-0.2, 0) is 6.54 Å². The maximum atomic E-state index is 13.1. The Morgan fingerprint density at radius 1 is 1.24 bits per heavy atom. The molecule has 0 unspecified atom stereocenters. The Labute approximate surface area is 128 Å². The third kappa shape index (κ3) is 4.26. The van der Waals surface area contributed by atoms with E-state index < -0.39 is 5.82 Å². The molecule has 0 spiro atoms. The lowest BCUT2D eigenvalue weighted by Crippen LogP contribution is -2.03. The highest BCUT2D eigenvalue weighted by atomic mass is 35.5. The zero-order valence-electron chi connectivity index (χ0n) is 11.8. The summed E-state index contributed by atoms with van der Waals surface area (Å²) >= 11 is 5.76. The van der Waals surface area contributed by atoms with E-state index in [4.69, 9.17) is 22.1 Å². The predicted octanol–water partition coefficient (Wildman–Crippen LogP) is 4.46. The number of anilines is 2. The number of nitrogen functional groups attached to an aromatic ring is 1. The number of hydrogen-bond donors (Lipinski definition) is 2. The minimum Gasteiger partial charge on any atom is -0.491 e. The molecule has 2 rings (SSSR count). The van der Waals surface area contributed by atoms with Crippen molar-refractivity contribution in [1.82, 2.24) is 0 Å². The first-order valence-corrected chi connectivity index (χ1v) is 7.18. The van der Waals surface area contributed by atoms with Gasteiger partial charge in [0.05, 0.1) is 17.3 Å². The van der Waals surface area contributed by atoms with Crippen molar-refractivity contribution in [3.05, 3.63) is 52.8 Å². The Kier molecular flexibility index (Phi) is 5.28. The van der Waals surface area contributed by atoms with Crippen LogP contribution in [0, 0.1) is 5.82 Å². The van der Waals surface area contributed by atoms with E-state index >= 15 is 0 Å². The van der Waals surface area contributed by atoms with E-state index in [9.17, 15) is 4.39 Å². The van der Waals surface area contributed by atoms with Gasteiger partial charge in [0.1, 0.15) is 11.6 Å². The molecular formula is C16H18ClFN2O. The van der Waals surface area contributed by atoms with Gasteiger partial charge in [0.15, 0.2) is 0 Å². The van der Waals surface area contributed by atoms with Crippen molar-refractivity contribution >= 4 is 23.0 Å². The van der Waals surface area contributed by atoms with Crippen LogP contribution in [0.2, 0.25) is 5.02 Å². The normalized spacial score (nSPS) is 10.4. The van der Waals surface area contributed by atoms with Crippen LogP contribution in [0.5, 0.6) is 5.75 Å². The molecule has 0 aliphatic heterocycles. The highest BCUT2D eigenvalue weighted by Crippen LogP contribution is 2.26. The summed E-state index contributed by atoms with van der Waals surface area (Å²) in [5.74, 6) is 0.252. The van der Waals surface area contributed by atoms with E-state index in [1.54, 1.807) is 18.2 Å². The summed E-state index contributed by atoms with van der Waals surface area (Å²) in [7, 11) is 0. The highest BCUT2D eigenvalue weighted by molar-refractivity contribution is 6.30. The van der Waals surface area contributed by atoms with Crippen molar-refractivity contribution in [2.45, 2.75) is 19.9 Å². The number of hydrogen-bond acceptors (Lipinski definition) is 3. The van der Waals surface area contributed by atoms with Crippen molar-refractivity contribution in [1.29, 1.82) is 0 Å². The van der Waals surface area contributed by atoms with Crippen molar-refractivity contribution in [2.24, 2.45) is 0 Å². The second-order valence-corrected chi connectivity index (χ2v) is 5.11. The zero-order chi connectivity index (χ0) is 15.2. The SMILES string of the molecule is CCCOc1cc(NCc2ccc(F)c(Cl)c2)ccc1N. The molecule has 2 aromatic carbocycles. The van der Waals surface area contributed by atoms with E-state index in [1.165, 1.54) is 6.07 Å². The number of nitrogens with one attached hydrogen (secondary N) is 1. The Morgan fingerprint density at radius 3 is 2.76 bits per heavy atom. The van der Waals surface area contributed by atoms with Crippen LogP contribution in [0.3, 0.4) is 0 Å². The molecule has 0 saturated heterocycles. The largest absolute Gasteiger partial charge is 0.491 e. The average molecular weight is 309 g/mol. The Bertz CT molecular complexity index is 619. The van der Waals surface area contributed by atoms with E-state index in [-0.39, 0.29) is 5.02 Å². The van der Waals surface area contributed by atoms with E-state index in [0.717, 1.165) is 17.7 Å². The van der Waals surface area contributed by atoms with Crippen LogP contribution in [0.15, 0.2) is 36.4 Å². The van der Waals surface area contributed by atoms with Crippen molar-refractivity contribution in [3.63, 3.8) is 0 Å². The Morgan fingerprint density at radius 2 is 2.05 bits per heavy atom. The molecule has 0 aliphatic rings. The smallest absolute Gasteiger partial charge is 0.144 e. The maximum Gasteiger partial charge on any atom is 0.144 e. The molecule has 5 heteroatoms. The van der Waals surface area contributed by atoms with Gasteiger partial charge in [0.2, 0.25) is 0 Å². The molecule has 3 nitrogen and oxygen atoms in total. The standard InChI is InChI=1S/C16H18ClFN2O/c1-2-7-21-16-9-12(4-6-15(16)19)20-10-11-3-5-14(18)13(17)8-11/h3-6,8-9,20H,2,7,10,19H2,1H3. The van der Waals surface area contributed by atoms with Crippen molar-refractivity contribution < 1.29 is 9.13 Å². The maximum absolute atomic E-state index is 13.1. The number of halogens is 2. The van der Waals surface area contributed by atoms with E-state index in [2.05, 4.69) is 5.32 Å². The molecule has 112 valence electrons. The van der Waals surface area contributed by atoms with Gasteiger partial charge in [-0.3, -0.25) is 0 Å². The summed E-state index contributed by atoms with van der Waals surface area (Å²) in [6.45, 7) is 3.20. The second-order valence-electron chi connectivity index (χ2n) is 4.70. The third-order valence-corrected chi connectivity index (χ3v) is 3.25. The molecule has 21 heavy (non-hydrogen) atoms. The molecule has 0 aromatic heterocycles. The predicted molar refractivity (Wildman–Crippen MR) is 85.4 cm³/mol. The Hall–Kier alpha value is -1.94. The van der Waals surface area contributed by atoms with Crippen LogP contribution < -0.4 is 15.8 Å². The van der Waals surface area contributed by atoms with Gasteiger partial charge < -0.3 is 15.8 Å². The van der Waals surface area contributed by atoms with Crippen LogP contribution in [0.25, 0.3) is 0 Å². The fourth-order valence-electron chi connectivity index (χ4n) is 1.84. The van der Waals surface area contributed by atoms with E-state index in [1.807, 2.05) is 19.1 Å². The Balaban J connectivity index is 2.03. The third-order valence-electron chi connectivity index (χ3n) is 2.96. The van der Waals surface area contributed by atoms with Gasteiger partial charge in [0.25, 0.3) is 0 Å². The summed E-state index contributed by atoms with van der Waals surface area (Å²) in [4.78, 5) is 0. The minimum atomic E-state index is -0.414. The van der Waals surface area contributed by atoms with Crippen LogP contribution >= 0.6 is 11.6 Å². The van der Waals surface area contributed by atoms with Gasteiger partial charge in [0, 0.05) is 18.3 Å². The van der Waals surface area contributed by atoms with Gasteiger partial charge in [-0.15, -0.1) is 0 Å². The molecule has 0 fully saturated rings. The van der Waals surface area contributed by atoms with Crippen LogP contribution in [0.1, 0.15) is 18.9 Å². The molecule has 3 N–H and O–H groups in total. The molecular weight excluding hydrogens is 291 g/mol. The molecule has 0 heterocycles. The van der Waals surface area contributed by atoms with Crippen molar-refractivity contribution in [3.8, 4) is 5.75 Å². The molecule has 2 aromatic rings. The molecule has 0 bridgehead atoms.